The first kappa shape index (κ1) is 20.8. The first-order chi connectivity index (χ1) is 15.5. The Labute approximate surface area is 185 Å². The number of benzene rings is 2. The molecule has 32 heavy (non-hydrogen) atoms. The van der Waals surface area contributed by atoms with Gasteiger partial charge in [-0.25, -0.2) is 4.98 Å². The van der Waals surface area contributed by atoms with Gasteiger partial charge in [-0.15, -0.1) is 0 Å². The molecule has 5 nitrogen and oxygen atoms in total. The second-order valence-electron chi connectivity index (χ2n) is 8.53. The maximum Gasteiger partial charge on any atom is 0.416 e. The van der Waals surface area contributed by atoms with Gasteiger partial charge in [-0.3, -0.25) is 0 Å². The van der Waals surface area contributed by atoms with Crippen LogP contribution in [0.1, 0.15) is 31.2 Å². The highest BCUT2D eigenvalue weighted by atomic mass is 19.4. The van der Waals surface area contributed by atoms with Crippen molar-refractivity contribution in [3.8, 4) is 0 Å². The molecule has 2 aromatic carbocycles. The molecule has 0 amide bonds. The lowest BCUT2D eigenvalue weighted by Crippen LogP contribution is -2.47. The molecule has 0 spiro atoms. The first-order valence-corrected chi connectivity index (χ1v) is 11.2. The smallest absolute Gasteiger partial charge is 0.368 e. The molecule has 2 aliphatic rings. The molecule has 1 aliphatic carbocycles. The number of nitrogens with zero attached hydrogens (tertiary/aromatic N) is 4. The van der Waals surface area contributed by atoms with E-state index in [9.17, 15) is 13.2 Å². The van der Waals surface area contributed by atoms with Gasteiger partial charge in [0, 0.05) is 43.3 Å². The molecule has 2 heterocycles. The van der Waals surface area contributed by atoms with Crippen LogP contribution in [-0.2, 0) is 6.18 Å². The zero-order valence-corrected chi connectivity index (χ0v) is 17.8. The highest BCUT2D eigenvalue weighted by Crippen LogP contribution is 2.31. The van der Waals surface area contributed by atoms with E-state index in [0.29, 0.717) is 38.2 Å². The van der Waals surface area contributed by atoms with E-state index >= 15 is 0 Å². The Bertz CT molecular complexity index is 1070. The van der Waals surface area contributed by atoms with Crippen LogP contribution >= 0.6 is 0 Å². The van der Waals surface area contributed by atoms with Crippen molar-refractivity contribution in [2.45, 2.75) is 37.9 Å². The van der Waals surface area contributed by atoms with Crippen LogP contribution in [0.15, 0.2) is 48.5 Å². The number of hydrogen-bond donors (Lipinski definition) is 1. The SMILES string of the molecule is FC(F)(F)c1ccc(N2CCN(c3nc(NC4CCCC4)c4ccccc4n3)CC2)cc1. The molecule has 168 valence electrons. The number of aromatic nitrogens is 2. The summed E-state index contributed by atoms with van der Waals surface area (Å²) in [5.41, 5.74) is 1.11. The van der Waals surface area contributed by atoms with Crippen LogP contribution in [-0.4, -0.2) is 42.2 Å². The van der Waals surface area contributed by atoms with Gasteiger partial charge in [-0.2, -0.15) is 18.2 Å². The Balaban J connectivity index is 1.32. The quantitative estimate of drug-likeness (QED) is 0.593. The fourth-order valence-electron chi connectivity index (χ4n) is 4.61. The fourth-order valence-corrected chi connectivity index (χ4v) is 4.61. The van der Waals surface area contributed by atoms with Gasteiger partial charge in [-0.05, 0) is 49.2 Å². The largest absolute Gasteiger partial charge is 0.416 e. The number of rotatable bonds is 4. The van der Waals surface area contributed by atoms with E-state index < -0.39 is 11.7 Å². The van der Waals surface area contributed by atoms with E-state index in [2.05, 4.69) is 21.2 Å². The summed E-state index contributed by atoms with van der Waals surface area (Å²) in [6.45, 7) is 2.82. The molecule has 5 rings (SSSR count). The summed E-state index contributed by atoms with van der Waals surface area (Å²) in [6.07, 6.45) is 0.521. The van der Waals surface area contributed by atoms with Gasteiger partial charge in [-0.1, -0.05) is 25.0 Å². The Hall–Kier alpha value is -3.03. The molecule has 1 aliphatic heterocycles. The third kappa shape index (κ3) is 4.31. The monoisotopic (exact) mass is 441 g/mol. The lowest BCUT2D eigenvalue weighted by atomic mass is 10.1. The van der Waals surface area contributed by atoms with Crippen molar-refractivity contribution >= 4 is 28.4 Å². The van der Waals surface area contributed by atoms with Gasteiger partial charge >= 0.3 is 6.18 Å². The summed E-state index contributed by atoms with van der Waals surface area (Å²) >= 11 is 0. The third-order valence-corrected chi connectivity index (χ3v) is 6.41. The Morgan fingerprint density at radius 1 is 0.812 bits per heavy atom. The van der Waals surface area contributed by atoms with E-state index in [-0.39, 0.29) is 0 Å². The van der Waals surface area contributed by atoms with Crippen molar-refractivity contribution < 1.29 is 13.2 Å². The standard InChI is InChI=1S/C24H26F3N5/c25-24(26,27)17-9-11-19(12-10-17)31-13-15-32(16-14-31)23-29-21-8-4-3-7-20(21)22(30-23)28-18-5-1-2-6-18/h3-4,7-12,18H,1-2,5-6,13-16H2,(H,28,29,30). The number of hydrogen-bond acceptors (Lipinski definition) is 5. The predicted molar refractivity (Wildman–Crippen MR) is 121 cm³/mol. The van der Waals surface area contributed by atoms with Crippen LogP contribution in [0.3, 0.4) is 0 Å². The molecular weight excluding hydrogens is 415 g/mol. The normalized spacial score (nSPS) is 17.8. The molecule has 1 saturated heterocycles. The zero-order chi connectivity index (χ0) is 22.1. The molecule has 0 radical (unpaired) electrons. The summed E-state index contributed by atoms with van der Waals surface area (Å²) in [6, 6.07) is 13.9. The van der Waals surface area contributed by atoms with Crippen LogP contribution in [0.25, 0.3) is 10.9 Å². The molecule has 1 N–H and O–H groups in total. The Morgan fingerprint density at radius 3 is 2.16 bits per heavy atom. The lowest BCUT2D eigenvalue weighted by molar-refractivity contribution is -0.137. The molecule has 2 fully saturated rings. The summed E-state index contributed by atoms with van der Waals surface area (Å²) in [5.74, 6) is 1.60. The third-order valence-electron chi connectivity index (χ3n) is 6.41. The van der Waals surface area contributed by atoms with Gasteiger partial charge in [0.1, 0.15) is 5.82 Å². The van der Waals surface area contributed by atoms with Crippen LogP contribution < -0.4 is 15.1 Å². The number of halogens is 3. The molecule has 0 bridgehead atoms. The molecular formula is C24H26F3N5. The maximum absolute atomic E-state index is 12.8. The number of fused-ring (bicyclic) bond motifs is 1. The minimum atomic E-state index is -4.31. The molecule has 0 atom stereocenters. The first-order valence-electron chi connectivity index (χ1n) is 11.2. The minimum absolute atomic E-state index is 0.456. The number of para-hydroxylation sites is 1. The summed E-state index contributed by atoms with van der Waals surface area (Å²) in [4.78, 5) is 14.0. The van der Waals surface area contributed by atoms with E-state index in [1.165, 1.54) is 25.7 Å². The molecule has 0 unspecified atom stereocenters. The van der Waals surface area contributed by atoms with E-state index in [4.69, 9.17) is 9.97 Å². The van der Waals surface area contributed by atoms with Crippen molar-refractivity contribution in [2.75, 3.05) is 41.3 Å². The van der Waals surface area contributed by atoms with Gasteiger partial charge < -0.3 is 15.1 Å². The average molecular weight is 442 g/mol. The van der Waals surface area contributed by atoms with E-state index in [1.807, 2.05) is 18.2 Å². The molecule has 1 saturated carbocycles. The minimum Gasteiger partial charge on any atom is -0.368 e. The molecule has 1 aromatic heterocycles. The molecule has 3 aromatic rings. The zero-order valence-electron chi connectivity index (χ0n) is 17.8. The lowest BCUT2D eigenvalue weighted by Gasteiger charge is -2.36. The van der Waals surface area contributed by atoms with Crippen LogP contribution in [0.5, 0.6) is 0 Å². The van der Waals surface area contributed by atoms with Crippen LogP contribution in [0, 0.1) is 0 Å². The van der Waals surface area contributed by atoms with Gasteiger partial charge in [0.2, 0.25) is 5.95 Å². The summed E-state index contributed by atoms with van der Waals surface area (Å²) < 4.78 is 38.5. The average Bonchev–Trinajstić information content (AvgIpc) is 3.32. The van der Waals surface area contributed by atoms with E-state index in [0.717, 1.165) is 34.5 Å². The van der Waals surface area contributed by atoms with E-state index in [1.54, 1.807) is 12.1 Å². The Morgan fingerprint density at radius 2 is 1.47 bits per heavy atom. The van der Waals surface area contributed by atoms with Crippen LogP contribution in [0.2, 0.25) is 0 Å². The number of alkyl halides is 3. The maximum atomic E-state index is 12.8. The number of piperazine rings is 1. The van der Waals surface area contributed by atoms with Crippen molar-refractivity contribution in [3.05, 3.63) is 54.1 Å². The second-order valence-corrected chi connectivity index (χ2v) is 8.53. The predicted octanol–water partition coefficient (Wildman–Crippen LogP) is 5.33. The molecule has 8 heteroatoms. The Kier molecular flexibility index (Phi) is 5.53. The highest BCUT2D eigenvalue weighted by Gasteiger charge is 2.30. The van der Waals surface area contributed by atoms with Crippen molar-refractivity contribution in [1.82, 2.24) is 9.97 Å². The van der Waals surface area contributed by atoms with Crippen molar-refractivity contribution in [3.63, 3.8) is 0 Å². The number of anilines is 3. The number of nitrogens with one attached hydrogen (secondary N) is 1. The highest BCUT2D eigenvalue weighted by molar-refractivity contribution is 5.90. The van der Waals surface area contributed by atoms with Gasteiger partial charge in [0.05, 0.1) is 11.1 Å². The fraction of sp³-hybridized carbons (Fsp3) is 0.417. The van der Waals surface area contributed by atoms with Crippen molar-refractivity contribution in [2.24, 2.45) is 0 Å². The van der Waals surface area contributed by atoms with Gasteiger partial charge in [0.15, 0.2) is 0 Å². The summed E-state index contributed by atoms with van der Waals surface area (Å²) in [5, 5.41) is 4.67. The van der Waals surface area contributed by atoms with Crippen LogP contribution in [0.4, 0.5) is 30.6 Å². The second kappa shape index (κ2) is 8.48. The summed E-state index contributed by atoms with van der Waals surface area (Å²) in [7, 11) is 0. The van der Waals surface area contributed by atoms with Gasteiger partial charge in [0.25, 0.3) is 0 Å². The van der Waals surface area contributed by atoms with Crippen molar-refractivity contribution in [1.29, 1.82) is 0 Å². The topological polar surface area (TPSA) is 44.3 Å².